The van der Waals surface area contributed by atoms with Crippen molar-refractivity contribution >= 4 is 33.9 Å². The van der Waals surface area contributed by atoms with Gasteiger partial charge in [0, 0.05) is 4.47 Å². The molecular weight excluding hydrogens is 358 g/mol. The Morgan fingerprint density at radius 1 is 1.17 bits per heavy atom. The predicted molar refractivity (Wildman–Crippen MR) is 92.5 cm³/mol. The third kappa shape index (κ3) is 3.35. The topological polar surface area (TPSA) is 47.9 Å². The molecule has 1 aliphatic rings. The van der Waals surface area contributed by atoms with Crippen LogP contribution >= 0.6 is 15.9 Å². The second kappa shape index (κ2) is 6.38. The Morgan fingerprint density at radius 2 is 1.91 bits per heavy atom. The summed E-state index contributed by atoms with van der Waals surface area (Å²) in [6.07, 6.45) is 1.71. The van der Waals surface area contributed by atoms with E-state index in [4.69, 9.17) is 9.47 Å². The average molecular weight is 372 g/mol. The van der Waals surface area contributed by atoms with E-state index in [9.17, 15) is 4.79 Å². The fourth-order valence-corrected chi connectivity index (χ4v) is 2.55. The number of aliphatic imine (C=N–C) groups is 1. The van der Waals surface area contributed by atoms with Crippen LogP contribution < -0.4 is 4.74 Å². The molecule has 0 aliphatic carbocycles. The highest BCUT2D eigenvalue weighted by molar-refractivity contribution is 9.10. The number of hydrogen-bond acceptors (Lipinski definition) is 4. The standard InChI is InChI=1S/C18H14BrNO3/c1-11-3-5-12(6-4-11)9-15-18(21)23-17(20-15)14-10-13(19)7-8-16(14)22-2/h3-10H,1-2H3/b15-9-. The first kappa shape index (κ1) is 15.5. The minimum absolute atomic E-state index is 0.242. The quantitative estimate of drug-likeness (QED) is 0.602. The summed E-state index contributed by atoms with van der Waals surface area (Å²) in [4.78, 5) is 16.4. The second-order valence-corrected chi connectivity index (χ2v) is 6.01. The maximum Gasteiger partial charge on any atom is 0.363 e. The molecular formula is C18H14BrNO3. The van der Waals surface area contributed by atoms with Crippen LogP contribution in [0.5, 0.6) is 5.75 Å². The Kier molecular flexibility index (Phi) is 4.30. The van der Waals surface area contributed by atoms with Gasteiger partial charge >= 0.3 is 5.97 Å². The van der Waals surface area contributed by atoms with E-state index >= 15 is 0 Å². The largest absolute Gasteiger partial charge is 0.496 e. The van der Waals surface area contributed by atoms with Crippen molar-refractivity contribution in [2.24, 2.45) is 4.99 Å². The summed E-state index contributed by atoms with van der Waals surface area (Å²) in [5.74, 6) is 0.366. The third-order valence-corrected chi connectivity index (χ3v) is 3.89. The van der Waals surface area contributed by atoms with Gasteiger partial charge in [-0.05, 0) is 36.8 Å². The fourth-order valence-electron chi connectivity index (χ4n) is 2.19. The summed E-state index contributed by atoms with van der Waals surface area (Å²) in [6.45, 7) is 2.01. The molecule has 23 heavy (non-hydrogen) atoms. The van der Waals surface area contributed by atoms with Gasteiger partial charge in [-0.2, -0.15) is 0 Å². The average Bonchev–Trinajstić information content (AvgIpc) is 2.90. The molecule has 0 atom stereocenters. The van der Waals surface area contributed by atoms with Gasteiger partial charge in [0.05, 0.1) is 12.7 Å². The highest BCUT2D eigenvalue weighted by Crippen LogP contribution is 2.28. The van der Waals surface area contributed by atoms with Crippen molar-refractivity contribution in [2.45, 2.75) is 6.92 Å². The zero-order valence-corrected chi connectivity index (χ0v) is 14.3. The van der Waals surface area contributed by atoms with Crippen LogP contribution in [0.15, 0.2) is 57.6 Å². The molecule has 0 saturated heterocycles. The smallest absolute Gasteiger partial charge is 0.363 e. The summed E-state index contributed by atoms with van der Waals surface area (Å²) in [7, 11) is 1.56. The van der Waals surface area contributed by atoms with Crippen LogP contribution in [0.25, 0.3) is 6.08 Å². The Morgan fingerprint density at radius 3 is 2.61 bits per heavy atom. The molecule has 0 radical (unpaired) electrons. The van der Waals surface area contributed by atoms with E-state index in [0.29, 0.717) is 11.3 Å². The van der Waals surface area contributed by atoms with Gasteiger partial charge in [0.15, 0.2) is 5.70 Å². The molecule has 5 heteroatoms. The maximum absolute atomic E-state index is 12.1. The first-order valence-corrected chi connectivity index (χ1v) is 7.79. The van der Waals surface area contributed by atoms with Gasteiger partial charge in [-0.25, -0.2) is 9.79 Å². The number of carbonyl (C=O) groups excluding carboxylic acids is 1. The number of hydrogen-bond donors (Lipinski definition) is 0. The number of methoxy groups -OCH3 is 1. The fraction of sp³-hybridized carbons (Fsp3) is 0.111. The first-order valence-electron chi connectivity index (χ1n) is 7.00. The predicted octanol–water partition coefficient (Wildman–Crippen LogP) is 4.11. The maximum atomic E-state index is 12.1. The SMILES string of the molecule is COc1ccc(Br)cc1C1=N/C(=C\c2ccc(C)cc2)C(=O)O1. The van der Waals surface area contributed by atoms with Gasteiger partial charge in [0.25, 0.3) is 0 Å². The summed E-state index contributed by atoms with van der Waals surface area (Å²) in [5, 5.41) is 0. The van der Waals surface area contributed by atoms with E-state index < -0.39 is 5.97 Å². The molecule has 116 valence electrons. The molecule has 0 saturated carbocycles. The van der Waals surface area contributed by atoms with Gasteiger partial charge < -0.3 is 9.47 Å². The monoisotopic (exact) mass is 371 g/mol. The van der Waals surface area contributed by atoms with Crippen molar-refractivity contribution < 1.29 is 14.3 Å². The molecule has 3 rings (SSSR count). The van der Waals surface area contributed by atoms with Crippen molar-refractivity contribution in [3.63, 3.8) is 0 Å². The van der Waals surface area contributed by atoms with Crippen molar-refractivity contribution in [3.8, 4) is 5.75 Å². The first-order chi connectivity index (χ1) is 11.1. The number of cyclic esters (lactones) is 1. The third-order valence-electron chi connectivity index (χ3n) is 3.39. The van der Waals surface area contributed by atoms with Crippen LogP contribution in [-0.2, 0) is 9.53 Å². The molecule has 1 heterocycles. The number of ether oxygens (including phenoxy) is 2. The van der Waals surface area contributed by atoms with Crippen LogP contribution in [0.3, 0.4) is 0 Å². The molecule has 0 fully saturated rings. The number of halogens is 1. The number of nitrogens with zero attached hydrogens (tertiary/aromatic N) is 1. The highest BCUT2D eigenvalue weighted by Gasteiger charge is 2.26. The lowest BCUT2D eigenvalue weighted by Gasteiger charge is -2.07. The molecule has 2 aromatic rings. The summed E-state index contributed by atoms with van der Waals surface area (Å²) < 4.78 is 11.4. The molecule has 0 N–H and O–H groups in total. The lowest BCUT2D eigenvalue weighted by molar-refractivity contribution is -0.129. The summed E-state index contributed by atoms with van der Waals surface area (Å²) in [5.41, 5.74) is 2.95. The summed E-state index contributed by atoms with van der Waals surface area (Å²) in [6, 6.07) is 13.3. The number of benzene rings is 2. The number of esters is 1. The van der Waals surface area contributed by atoms with Gasteiger partial charge in [0.2, 0.25) is 5.90 Å². The zero-order valence-electron chi connectivity index (χ0n) is 12.7. The molecule has 0 amide bonds. The summed E-state index contributed by atoms with van der Waals surface area (Å²) >= 11 is 3.40. The normalized spacial score (nSPS) is 15.5. The Labute approximate surface area is 142 Å². The van der Waals surface area contributed by atoms with Crippen LogP contribution in [0.1, 0.15) is 16.7 Å². The molecule has 0 aromatic heterocycles. The molecule has 0 unspecified atom stereocenters. The molecule has 0 bridgehead atoms. The number of rotatable bonds is 3. The number of carbonyl (C=O) groups is 1. The van der Waals surface area contributed by atoms with Crippen molar-refractivity contribution in [1.29, 1.82) is 0 Å². The molecule has 4 nitrogen and oxygen atoms in total. The zero-order chi connectivity index (χ0) is 16.4. The lowest BCUT2D eigenvalue weighted by atomic mass is 10.1. The van der Waals surface area contributed by atoms with E-state index in [1.165, 1.54) is 0 Å². The van der Waals surface area contributed by atoms with E-state index in [1.807, 2.05) is 37.3 Å². The van der Waals surface area contributed by atoms with E-state index in [2.05, 4.69) is 20.9 Å². The number of aryl methyl sites for hydroxylation is 1. The highest BCUT2D eigenvalue weighted by atomic mass is 79.9. The molecule has 2 aromatic carbocycles. The van der Waals surface area contributed by atoms with Gasteiger partial charge in [0.1, 0.15) is 5.75 Å². The van der Waals surface area contributed by atoms with Crippen LogP contribution in [0, 0.1) is 6.92 Å². The minimum Gasteiger partial charge on any atom is -0.496 e. The van der Waals surface area contributed by atoms with Crippen molar-refractivity contribution in [1.82, 2.24) is 0 Å². The van der Waals surface area contributed by atoms with Crippen LogP contribution in [0.2, 0.25) is 0 Å². The van der Waals surface area contributed by atoms with E-state index in [-0.39, 0.29) is 11.6 Å². The van der Waals surface area contributed by atoms with E-state index in [1.54, 1.807) is 25.3 Å². The van der Waals surface area contributed by atoms with Crippen molar-refractivity contribution in [3.05, 3.63) is 69.3 Å². The lowest BCUT2D eigenvalue weighted by Crippen LogP contribution is -2.07. The van der Waals surface area contributed by atoms with Gasteiger partial charge in [-0.1, -0.05) is 45.8 Å². The molecule has 0 spiro atoms. The van der Waals surface area contributed by atoms with Crippen LogP contribution in [-0.4, -0.2) is 19.0 Å². The Hall–Kier alpha value is -2.40. The van der Waals surface area contributed by atoms with E-state index in [0.717, 1.165) is 15.6 Å². The Balaban J connectivity index is 1.98. The van der Waals surface area contributed by atoms with Gasteiger partial charge in [-0.15, -0.1) is 0 Å². The molecule has 1 aliphatic heterocycles. The van der Waals surface area contributed by atoms with Gasteiger partial charge in [-0.3, -0.25) is 0 Å². The van der Waals surface area contributed by atoms with Crippen molar-refractivity contribution in [2.75, 3.05) is 7.11 Å². The van der Waals surface area contributed by atoms with Crippen LogP contribution in [0.4, 0.5) is 0 Å². The Bertz CT molecular complexity index is 823. The minimum atomic E-state index is -0.470. The second-order valence-electron chi connectivity index (χ2n) is 5.09.